The highest BCUT2D eigenvalue weighted by Gasteiger charge is 2.73. The van der Waals surface area contributed by atoms with Crippen molar-refractivity contribution in [3.63, 3.8) is 0 Å². The molecule has 1 N–H and O–H groups in total. The van der Waals surface area contributed by atoms with Crippen LogP contribution in [0.5, 0.6) is 5.75 Å². The number of rotatable bonds is 2. The van der Waals surface area contributed by atoms with E-state index in [2.05, 4.69) is 0 Å². The van der Waals surface area contributed by atoms with Crippen molar-refractivity contribution in [3.8, 4) is 5.75 Å². The van der Waals surface area contributed by atoms with Gasteiger partial charge in [0.2, 0.25) is 5.43 Å². The molecule has 0 saturated heterocycles. The van der Waals surface area contributed by atoms with Crippen LogP contribution in [0.3, 0.4) is 0 Å². The molecule has 5 aliphatic rings. The first-order valence-electron chi connectivity index (χ1n) is 11.5. The SMILES string of the molecule is O=C1c2c(O)c(=O)ccn2N([C@@H]2c3ccccc3SCc3cccc(F)c32)CN1C12CC(F)(C1)C2. The molecule has 3 saturated carbocycles. The molecule has 1 atom stereocenters. The summed E-state index contributed by atoms with van der Waals surface area (Å²) in [4.78, 5) is 28.5. The Morgan fingerprint density at radius 1 is 1.03 bits per heavy atom. The van der Waals surface area contributed by atoms with Crippen LogP contribution in [-0.2, 0) is 5.75 Å². The van der Waals surface area contributed by atoms with Gasteiger partial charge in [-0.3, -0.25) is 19.3 Å². The van der Waals surface area contributed by atoms with Gasteiger partial charge < -0.3 is 10.0 Å². The van der Waals surface area contributed by atoms with Gasteiger partial charge in [0.15, 0.2) is 11.4 Å². The minimum absolute atomic E-state index is 0.0711. The summed E-state index contributed by atoms with van der Waals surface area (Å²) >= 11 is 1.61. The molecular formula is C26H21F2N3O3S. The minimum Gasteiger partial charge on any atom is -0.502 e. The van der Waals surface area contributed by atoms with Gasteiger partial charge in [-0.05, 0) is 23.3 Å². The van der Waals surface area contributed by atoms with E-state index in [1.165, 1.54) is 23.0 Å². The molecule has 3 aromatic rings. The fraction of sp³-hybridized carbons (Fsp3) is 0.308. The summed E-state index contributed by atoms with van der Waals surface area (Å²) < 4.78 is 31.5. The first-order chi connectivity index (χ1) is 16.8. The number of halogens is 2. The summed E-state index contributed by atoms with van der Waals surface area (Å²) in [7, 11) is 0. The van der Waals surface area contributed by atoms with E-state index >= 15 is 4.39 Å². The number of thioether (sulfide) groups is 1. The average Bonchev–Trinajstić information content (AvgIpc) is 2.97. The minimum atomic E-state index is -1.24. The molecule has 3 aliphatic carbocycles. The highest BCUT2D eigenvalue weighted by Crippen LogP contribution is 2.66. The fourth-order valence-corrected chi connectivity index (χ4v) is 7.36. The molecule has 0 radical (unpaired) electrons. The second-order valence-electron chi connectivity index (χ2n) is 9.98. The third kappa shape index (κ3) is 2.75. The smallest absolute Gasteiger partial charge is 0.278 e. The fourth-order valence-electron chi connectivity index (χ4n) is 6.28. The number of hydrogen-bond donors (Lipinski definition) is 1. The van der Waals surface area contributed by atoms with Gasteiger partial charge in [-0.1, -0.05) is 30.3 Å². The molecule has 0 spiro atoms. The Labute approximate surface area is 203 Å². The van der Waals surface area contributed by atoms with Crippen molar-refractivity contribution >= 4 is 17.7 Å². The molecule has 0 unspecified atom stereocenters. The summed E-state index contributed by atoms with van der Waals surface area (Å²) in [6, 6.07) is 13.3. The van der Waals surface area contributed by atoms with E-state index in [0.29, 0.717) is 11.3 Å². The largest absolute Gasteiger partial charge is 0.502 e. The maximum Gasteiger partial charge on any atom is 0.278 e. The van der Waals surface area contributed by atoms with Crippen LogP contribution in [0.15, 0.2) is 64.4 Å². The zero-order valence-corrected chi connectivity index (χ0v) is 19.4. The number of pyridine rings is 1. The Morgan fingerprint density at radius 3 is 2.57 bits per heavy atom. The van der Waals surface area contributed by atoms with Crippen LogP contribution >= 0.6 is 11.8 Å². The predicted molar refractivity (Wildman–Crippen MR) is 126 cm³/mol. The maximum atomic E-state index is 15.5. The molecular weight excluding hydrogens is 472 g/mol. The van der Waals surface area contributed by atoms with E-state index in [1.54, 1.807) is 22.7 Å². The third-order valence-electron chi connectivity index (χ3n) is 7.89. The first-order valence-corrected chi connectivity index (χ1v) is 12.5. The summed E-state index contributed by atoms with van der Waals surface area (Å²) in [6.07, 6.45) is 2.16. The summed E-state index contributed by atoms with van der Waals surface area (Å²) in [5.41, 5.74) is -0.555. The number of fused-ring (bicyclic) bond motifs is 3. The Morgan fingerprint density at radius 2 is 1.80 bits per heavy atom. The lowest BCUT2D eigenvalue weighted by molar-refractivity contribution is -0.214. The number of carbonyl (C=O) groups is 1. The van der Waals surface area contributed by atoms with Gasteiger partial charge in [0.25, 0.3) is 5.91 Å². The quantitative estimate of drug-likeness (QED) is 0.583. The zero-order valence-electron chi connectivity index (χ0n) is 18.6. The van der Waals surface area contributed by atoms with Gasteiger partial charge in [-0.15, -0.1) is 11.8 Å². The molecule has 9 heteroatoms. The van der Waals surface area contributed by atoms with Crippen LogP contribution in [0.2, 0.25) is 0 Å². The zero-order chi connectivity index (χ0) is 24.1. The van der Waals surface area contributed by atoms with Crippen molar-refractivity contribution in [1.29, 1.82) is 0 Å². The number of carbonyl (C=O) groups excluding carboxylic acids is 1. The molecule has 6 nitrogen and oxygen atoms in total. The van der Waals surface area contributed by atoms with Gasteiger partial charge in [-0.2, -0.15) is 0 Å². The van der Waals surface area contributed by atoms with Crippen molar-refractivity contribution in [2.75, 3.05) is 11.7 Å². The van der Waals surface area contributed by atoms with Crippen LogP contribution in [0.1, 0.15) is 52.5 Å². The lowest BCUT2D eigenvalue weighted by atomic mass is 9.46. The molecule has 1 aromatic heterocycles. The molecule has 35 heavy (non-hydrogen) atoms. The summed E-state index contributed by atoms with van der Waals surface area (Å²) in [5, 5.41) is 12.5. The van der Waals surface area contributed by atoms with Gasteiger partial charge in [-0.25, -0.2) is 8.78 Å². The molecule has 2 aliphatic heterocycles. The molecule has 8 rings (SSSR count). The molecule has 1 amide bonds. The van der Waals surface area contributed by atoms with Crippen molar-refractivity contribution in [2.24, 2.45) is 0 Å². The number of hydrogen-bond acceptors (Lipinski definition) is 5. The lowest BCUT2D eigenvalue weighted by Crippen LogP contribution is -2.79. The predicted octanol–water partition coefficient (Wildman–Crippen LogP) is 4.08. The highest BCUT2D eigenvalue weighted by atomic mass is 32.2. The Balaban J connectivity index is 1.47. The Kier molecular flexibility index (Phi) is 4.12. The molecule has 178 valence electrons. The summed E-state index contributed by atoms with van der Waals surface area (Å²) in [6.45, 7) is 0.0711. The molecule has 3 heterocycles. The topological polar surface area (TPSA) is 65.8 Å². The number of amides is 1. The second-order valence-corrected chi connectivity index (χ2v) is 11.0. The van der Waals surface area contributed by atoms with E-state index < -0.39 is 34.3 Å². The normalized spacial score (nSPS) is 28.3. The molecule has 2 aromatic carbocycles. The Hall–Kier alpha value is -3.33. The van der Waals surface area contributed by atoms with Gasteiger partial charge in [0.1, 0.15) is 24.2 Å². The van der Waals surface area contributed by atoms with Crippen molar-refractivity contribution in [3.05, 3.63) is 93.2 Å². The second kappa shape index (κ2) is 6.87. The van der Waals surface area contributed by atoms with Gasteiger partial charge in [0.05, 0.1) is 5.54 Å². The molecule has 3 fully saturated rings. The number of aromatic hydroxyl groups is 1. The van der Waals surface area contributed by atoms with Crippen LogP contribution in [0.4, 0.5) is 8.78 Å². The lowest BCUT2D eigenvalue weighted by Gasteiger charge is -2.70. The van der Waals surface area contributed by atoms with Crippen molar-refractivity contribution < 1.29 is 18.7 Å². The number of nitrogens with zero attached hydrogens (tertiary/aromatic N) is 3. The standard InChI is InChI=1S/C26H21F2N3O3S/c27-17-6-3-4-15-10-35-19-7-2-1-5-16(19)21(20(15)17)31-14-29(26-11-25(28,12-26)13-26)24(34)22-23(33)18(32)8-9-30(22)31/h1-9,21,33H,10-14H2/t21-,25?,26?/m1/s1. The van der Waals surface area contributed by atoms with E-state index in [1.807, 2.05) is 35.3 Å². The first kappa shape index (κ1) is 21.0. The van der Waals surface area contributed by atoms with Crippen LogP contribution in [0, 0.1) is 5.82 Å². The van der Waals surface area contributed by atoms with Crippen LogP contribution in [-0.4, -0.2) is 38.5 Å². The van der Waals surface area contributed by atoms with E-state index in [4.69, 9.17) is 0 Å². The third-order valence-corrected chi connectivity index (χ3v) is 9.02. The molecule has 2 bridgehead atoms. The maximum absolute atomic E-state index is 15.5. The Bertz CT molecular complexity index is 1470. The van der Waals surface area contributed by atoms with E-state index in [-0.39, 0.29) is 37.4 Å². The van der Waals surface area contributed by atoms with Crippen molar-refractivity contribution in [2.45, 2.75) is 47.2 Å². The van der Waals surface area contributed by atoms with Crippen LogP contribution in [0.25, 0.3) is 0 Å². The number of aromatic nitrogens is 1. The number of benzene rings is 2. The monoisotopic (exact) mass is 493 g/mol. The van der Waals surface area contributed by atoms with Gasteiger partial charge >= 0.3 is 0 Å². The van der Waals surface area contributed by atoms with Gasteiger partial charge in [0, 0.05) is 47.7 Å². The van der Waals surface area contributed by atoms with E-state index in [0.717, 1.165) is 16.0 Å². The average molecular weight is 494 g/mol. The van der Waals surface area contributed by atoms with E-state index in [9.17, 15) is 19.1 Å². The number of alkyl halides is 1. The summed E-state index contributed by atoms with van der Waals surface area (Å²) in [5.74, 6) is -0.955. The van der Waals surface area contributed by atoms with Crippen molar-refractivity contribution in [1.82, 2.24) is 9.58 Å². The van der Waals surface area contributed by atoms with Crippen LogP contribution < -0.4 is 10.4 Å². The highest BCUT2D eigenvalue weighted by molar-refractivity contribution is 7.98.